The van der Waals surface area contributed by atoms with E-state index in [2.05, 4.69) is 24.1 Å². The van der Waals surface area contributed by atoms with Gasteiger partial charge in [0.1, 0.15) is 0 Å². The third-order valence-corrected chi connectivity index (χ3v) is 3.34. The van der Waals surface area contributed by atoms with Gasteiger partial charge in [0, 0.05) is 12.1 Å². The van der Waals surface area contributed by atoms with Crippen molar-refractivity contribution in [2.75, 3.05) is 31.5 Å². The first-order chi connectivity index (χ1) is 8.61. The van der Waals surface area contributed by atoms with Gasteiger partial charge in [-0.2, -0.15) is 0 Å². The Kier molecular flexibility index (Phi) is 6.05. The number of nitrogens with one attached hydrogen (secondary N) is 1. The molecule has 0 amide bonds. The van der Waals surface area contributed by atoms with Gasteiger partial charge in [-0.3, -0.25) is 9.59 Å². The molecule has 0 spiro atoms. The second-order valence-corrected chi connectivity index (χ2v) is 4.73. The average Bonchev–Trinajstić information content (AvgIpc) is 2.40. The van der Waals surface area contributed by atoms with Gasteiger partial charge < -0.3 is 10.2 Å². The fraction of sp³-hybridized carbons (Fsp3) is 0.714. The van der Waals surface area contributed by atoms with Crippen LogP contribution in [0.4, 0.5) is 5.69 Å². The predicted octanol–water partition coefficient (Wildman–Crippen LogP) is 1.52. The number of unbranched alkanes of at least 4 members (excludes halogenated alkanes) is 1. The van der Waals surface area contributed by atoms with Crippen molar-refractivity contribution in [3.8, 4) is 0 Å². The molecule has 1 rings (SSSR count). The first-order valence-corrected chi connectivity index (χ1v) is 6.87. The lowest BCUT2D eigenvalue weighted by atomic mass is 10.1. The summed E-state index contributed by atoms with van der Waals surface area (Å²) >= 11 is 0. The highest BCUT2D eigenvalue weighted by Gasteiger charge is 2.15. The molecular formula is C14H24N2O2. The number of hydrogen-bond acceptors (Lipinski definition) is 4. The van der Waals surface area contributed by atoms with E-state index in [1.165, 1.54) is 6.42 Å². The Morgan fingerprint density at radius 2 is 1.78 bits per heavy atom. The molecule has 0 saturated heterocycles. The van der Waals surface area contributed by atoms with E-state index in [0.29, 0.717) is 11.3 Å². The monoisotopic (exact) mass is 252 g/mol. The summed E-state index contributed by atoms with van der Waals surface area (Å²) < 4.78 is 0. The Balaban J connectivity index is 2.16. The van der Waals surface area contributed by atoms with Crippen molar-refractivity contribution in [3.05, 3.63) is 26.0 Å². The first-order valence-electron chi connectivity index (χ1n) is 6.87. The molecule has 0 aromatic heterocycles. The van der Waals surface area contributed by atoms with E-state index in [4.69, 9.17) is 0 Å². The lowest BCUT2D eigenvalue weighted by Crippen LogP contribution is -2.37. The minimum atomic E-state index is -0.353. The number of anilines is 1. The van der Waals surface area contributed by atoms with Crippen LogP contribution in [0, 0.1) is 6.92 Å². The molecule has 0 fully saturated rings. The van der Waals surface area contributed by atoms with Crippen LogP contribution >= 0.6 is 0 Å². The van der Waals surface area contributed by atoms with E-state index >= 15 is 0 Å². The summed E-state index contributed by atoms with van der Waals surface area (Å²) in [6, 6.07) is 0. The van der Waals surface area contributed by atoms with Crippen molar-refractivity contribution in [2.24, 2.45) is 0 Å². The summed E-state index contributed by atoms with van der Waals surface area (Å²) in [5, 5.41) is 3.06. The molecule has 0 bridgehead atoms. The zero-order valence-corrected chi connectivity index (χ0v) is 11.7. The van der Waals surface area contributed by atoms with E-state index in [-0.39, 0.29) is 10.9 Å². The highest BCUT2D eigenvalue weighted by molar-refractivity contribution is 5.55. The standard InChI is InChI=1S/C14H24N2O2/c1-4-9-16(5-2)10-7-6-8-15-12-11(3)13(17)14(12)18/h15H,4-10H2,1-3H3. The Morgan fingerprint density at radius 1 is 1.06 bits per heavy atom. The molecule has 4 heteroatoms. The van der Waals surface area contributed by atoms with Crippen LogP contribution in [-0.4, -0.2) is 31.1 Å². The van der Waals surface area contributed by atoms with Crippen LogP contribution < -0.4 is 16.2 Å². The summed E-state index contributed by atoms with van der Waals surface area (Å²) in [6.45, 7) is 10.2. The first kappa shape index (κ1) is 14.9. The van der Waals surface area contributed by atoms with Gasteiger partial charge in [0.15, 0.2) is 0 Å². The fourth-order valence-electron chi connectivity index (χ4n) is 2.14. The van der Waals surface area contributed by atoms with Crippen LogP contribution in [0.2, 0.25) is 0 Å². The van der Waals surface area contributed by atoms with Crippen LogP contribution in [0.15, 0.2) is 9.59 Å². The van der Waals surface area contributed by atoms with Crippen LogP contribution in [0.25, 0.3) is 0 Å². The van der Waals surface area contributed by atoms with E-state index in [9.17, 15) is 9.59 Å². The predicted molar refractivity (Wildman–Crippen MR) is 76.2 cm³/mol. The maximum Gasteiger partial charge on any atom is 0.249 e. The van der Waals surface area contributed by atoms with Crippen LogP contribution in [0.5, 0.6) is 0 Å². The fourth-order valence-corrected chi connectivity index (χ4v) is 2.14. The van der Waals surface area contributed by atoms with Gasteiger partial charge in [-0.15, -0.1) is 0 Å². The SMILES string of the molecule is CCCN(CC)CCCCNc1c(C)c(=O)c1=O. The summed E-state index contributed by atoms with van der Waals surface area (Å²) in [7, 11) is 0. The lowest BCUT2D eigenvalue weighted by Gasteiger charge is -2.19. The molecule has 0 aliphatic heterocycles. The molecule has 1 aromatic carbocycles. The molecule has 0 saturated carbocycles. The molecule has 1 aromatic rings. The van der Waals surface area contributed by atoms with Gasteiger partial charge in [0.05, 0.1) is 5.69 Å². The minimum Gasteiger partial charge on any atom is -0.381 e. The Hall–Kier alpha value is -1.16. The van der Waals surface area contributed by atoms with Crippen molar-refractivity contribution in [2.45, 2.75) is 40.0 Å². The molecule has 18 heavy (non-hydrogen) atoms. The van der Waals surface area contributed by atoms with E-state index in [1.54, 1.807) is 6.92 Å². The van der Waals surface area contributed by atoms with Crippen molar-refractivity contribution in [3.63, 3.8) is 0 Å². The quantitative estimate of drug-likeness (QED) is 0.535. The number of rotatable bonds is 9. The van der Waals surface area contributed by atoms with Gasteiger partial charge in [-0.25, -0.2) is 0 Å². The third-order valence-electron chi connectivity index (χ3n) is 3.34. The topological polar surface area (TPSA) is 49.4 Å². The van der Waals surface area contributed by atoms with Gasteiger partial charge in [-0.05, 0) is 45.8 Å². The molecule has 4 nitrogen and oxygen atoms in total. The second kappa shape index (κ2) is 7.31. The average molecular weight is 252 g/mol. The second-order valence-electron chi connectivity index (χ2n) is 4.73. The number of hydrogen-bond donors (Lipinski definition) is 1. The van der Waals surface area contributed by atoms with E-state index in [1.807, 2.05) is 0 Å². The Morgan fingerprint density at radius 3 is 2.33 bits per heavy atom. The Labute approximate surface area is 109 Å². The number of nitrogens with zero attached hydrogens (tertiary/aromatic N) is 1. The zero-order valence-electron chi connectivity index (χ0n) is 11.7. The largest absolute Gasteiger partial charge is 0.381 e. The highest BCUT2D eigenvalue weighted by Crippen LogP contribution is 2.05. The highest BCUT2D eigenvalue weighted by atomic mass is 16.2. The van der Waals surface area contributed by atoms with Crippen molar-refractivity contribution < 1.29 is 0 Å². The van der Waals surface area contributed by atoms with Crippen LogP contribution in [0.3, 0.4) is 0 Å². The molecule has 0 atom stereocenters. The van der Waals surface area contributed by atoms with Crippen molar-refractivity contribution in [1.29, 1.82) is 0 Å². The van der Waals surface area contributed by atoms with Crippen LogP contribution in [-0.2, 0) is 0 Å². The van der Waals surface area contributed by atoms with Crippen molar-refractivity contribution in [1.82, 2.24) is 4.90 Å². The van der Waals surface area contributed by atoms with Gasteiger partial charge in [0.25, 0.3) is 0 Å². The van der Waals surface area contributed by atoms with Gasteiger partial charge in [-0.1, -0.05) is 13.8 Å². The normalized spacial score (nSPS) is 11.3. The maximum atomic E-state index is 11.2. The van der Waals surface area contributed by atoms with Gasteiger partial charge in [0.2, 0.25) is 10.9 Å². The summed E-state index contributed by atoms with van der Waals surface area (Å²) in [6.07, 6.45) is 3.34. The third kappa shape index (κ3) is 3.67. The Bertz CT molecular complexity index is 433. The minimum absolute atomic E-state index is 0.336. The molecular weight excluding hydrogens is 228 g/mol. The molecule has 0 unspecified atom stereocenters. The van der Waals surface area contributed by atoms with Crippen molar-refractivity contribution >= 4 is 5.69 Å². The van der Waals surface area contributed by atoms with Gasteiger partial charge >= 0.3 is 0 Å². The molecule has 0 heterocycles. The van der Waals surface area contributed by atoms with E-state index < -0.39 is 0 Å². The summed E-state index contributed by atoms with van der Waals surface area (Å²) in [5.41, 5.74) is 0.424. The van der Waals surface area contributed by atoms with Crippen LogP contribution in [0.1, 0.15) is 38.7 Å². The van der Waals surface area contributed by atoms with E-state index in [0.717, 1.165) is 39.0 Å². The maximum absolute atomic E-state index is 11.2. The summed E-state index contributed by atoms with van der Waals surface area (Å²) in [4.78, 5) is 24.6. The molecule has 0 aliphatic carbocycles. The zero-order chi connectivity index (χ0) is 13.5. The molecule has 0 aliphatic rings. The lowest BCUT2D eigenvalue weighted by molar-refractivity contribution is 0.283. The molecule has 0 radical (unpaired) electrons. The molecule has 1 N–H and O–H groups in total. The molecule has 102 valence electrons. The summed E-state index contributed by atoms with van der Waals surface area (Å²) in [5.74, 6) is 0. The smallest absolute Gasteiger partial charge is 0.249 e.